The first-order valence-electron chi connectivity index (χ1n) is 10.3. The van der Waals surface area contributed by atoms with Crippen LogP contribution in [-0.2, 0) is 27.3 Å². The molecule has 8 heteroatoms. The van der Waals surface area contributed by atoms with Crippen molar-refractivity contribution in [2.75, 3.05) is 18.7 Å². The fourth-order valence-corrected chi connectivity index (χ4v) is 3.26. The predicted molar refractivity (Wildman–Crippen MR) is 120 cm³/mol. The Hall–Kier alpha value is -4.33. The summed E-state index contributed by atoms with van der Waals surface area (Å²) >= 11 is 0. The lowest BCUT2D eigenvalue weighted by molar-refractivity contribution is -0.124. The lowest BCUT2D eigenvalue weighted by Crippen LogP contribution is -2.28. The SMILES string of the molecule is O=C(COC(=O)c1ccccc1NC(=O)Cc1ccccc1)NCc1ccc2c(c1)OCO2. The third-order valence-electron chi connectivity index (χ3n) is 4.89. The molecule has 0 saturated heterocycles. The van der Waals surface area contributed by atoms with Crippen LogP contribution in [0.4, 0.5) is 5.69 Å². The van der Waals surface area contributed by atoms with Gasteiger partial charge in [0.15, 0.2) is 18.1 Å². The zero-order valence-corrected chi connectivity index (χ0v) is 17.7. The highest BCUT2D eigenvalue weighted by molar-refractivity contribution is 6.02. The van der Waals surface area contributed by atoms with E-state index in [9.17, 15) is 14.4 Å². The average Bonchev–Trinajstić information content (AvgIpc) is 3.30. The highest BCUT2D eigenvalue weighted by Gasteiger charge is 2.17. The summed E-state index contributed by atoms with van der Waals surface area (Å²) in [4.78, 5) is 37.0. The highest BCUT2D eigenvalue weighted by atomic mass is 16.7. The van der Waals surface area contributed by atoms with Gasteiger partial charge in [0.2, 0.25) is 12.7 Å². The maximum absolute atomic E-state index is 12.5. The van der Waals surface area contributed by atoms with Gasteiger partial charge >= 0.3 is 5.97 Å². The number of nitrogens with one attached hydrogen (secondary N) is 2. The van der Waals surface area contributed by atoms with E-state index in [-0.39, 0.29) is 31.2 Å². The molecule has 0 radical (unpaired) electrons. The Bertz CT molecular complexity index is 1160. The van der Waals surface area contributed by atoms with Crippen molar-refractivity contribution in [3.8, 4) is 11.5 Å². The van der Waals surface area contributed by atoms with E-state index in [1.165, 1.54) is 6.07 Å². The monoisotopic (exact) mass is 446 g/mol. The second-order valence-electron chi connectivity index (χ2n) is 7.30. The van der Waals surface area contributed by atoms with Crippen molar-refractivity contribution in [2.24, 2.45) is 0 Å². The Morgan fingerprint density at radius 1 is 0.818 bits per heavy atom. The van der Waals surface area contributed by atoms with Crippen molar-refractivity contribution < 1.29 is 28.6 Å². The zero-order chi connectivity index (χ0) is 23.0. The Morgan fingerprint density at radius 2 is 1.58 bits per heavy atom. The molecule has 3 aromatic carbocycles. The van der Waals surface area contributed by atoms with E-state index in [1.54, 1.807) is 30.3 Å². The molecule has 1 aliphatic heterocycles. The number of esters is 1. The van der Waals surface area contributed by atoms with Crippen LogP contribution in [0.3, 0.4) is 0 Å². The molecule has 4 rings (SSSR count). The lowest BCUT2D eigenvalue weighted by atomic mass is 10.1. The molecule has 0 spiro atoms. The predicted octanol–water partition coefficient (Wildman–Crippen LogP) is 3.07. The van der Waals surface area contributed by atoms with Crippen molar-refractivity contribution in [1.82, 2.24) is 5.32 Å². The van der Waals surface area contributed by atoms with Crippen LogP contribution in [-0.4, -0.2) is 31.2 Å². The average molecular weight is 446 g/mol. The van der Waals surface area contributed by atoms with E-state index in [2.05, 4.69) is 10.6 Å². The molecule has 168 valence electrons. The summed E-state index contributed by atoms with van der Waals surface area (Å²) in [6.07, 6.45) is 0.173. The van der Waals surface area contributed by atoms with Crippen molar-refractivity contribution in [3.05, 3.63) is 89.5 Å². The number of carbonyl (C=O) groups is 3. The van der Waals surface area contributed by atoms with E-state index in [0.29, 0.717) is 17.2 Å². The Kier molecular flexibility index (Phi) is 6.84. The minimum Gasteiger partial charge on any atom is -0.454 e. The standard InChI is InChI=1S/C25H22N2O6/c28-23(13-17-6-2-1-3-7-17)27-20-9-5-4-8-19(20)25(30)31-15-24(29)26-14-18-10-11-21-22(12-18)33-16-32-21/h1-12H,13-16H2,(H,26,29)(H,27,28). The van der Waals surface area contributed by atoms with E-state index < -0.39 is 18.5 Å². The first-order chi connectivity index (χ1) is 16.1. The van der Waals surface area contributed by atoms with Gasteiger partial charge in [0.1, 0.15) is 0 Å². The van der Waals surface area contributed by atoms with Gasteiger partial charge in [-0.05, 0) is 35.4 Å². The fourth-order valence-electron chi connectivity index (χ4n) is 3.26. The number of amides is 2. The van der Waals surface area contributed by atoms with Gasteiger partial charge < -0.3 is 24.8 Å². The van der Waals surface area contributed by atoms with E-state index in [0.717, 1.165) is 11.1 Å². The quantitative estimate of drug-likeness (QED) is 0.516. The van der Waals surface area contributed by atoms with Gasteiger partial charge in [-0.3, -0.25) is 9.59 Å². The number of rotatable bonds is 8. The smallest absolute Gasteiger partial charge is 0.340 e. The molecule has 0 aromatic heterocycles. The molecule has 2 N–H and O–H groups in total. The van der Waals surface area contributed by atoms with Crippen LogP contribution in [0.2, 0.25) is 0 Å². The summed E-state index contributed by atoms with van der Waals surface area (Å²) in [5.41, 5.74) is 2.17. The van der Waals surface area contributed by atoms with E-state index >= 15 is 0 Å². The van der Waals surface area contributed by atoms with Crippen LogP contribution in [0, 0.1) is 0 Å². The van der Waals surface area contributed by atoms with Gasteiger partial charge in [0.25, 0.3) is 5.91 Å². The molecule has 0 fully saturated rings. The van der Waals surface area contributed by atoms with Crippen LogP contribution >= 0.6 is 0 Å². The molecule has 0 atom stereocenters. The summed E-state index contributed by atoms with van der Waals surface area (Å²) in [6.45, 7) is -0.0237. The number of hydrogen-bond donors (Lipinski definition) is 2. The number of carbonyl (C=O) groups excluding carboxylic acids is 3. The summed E-state index contributed by atoms with van der Waals surface area (Å²) in [5.74, 6) is -0.133. The van der Waals surface area contributed by atoms with Gasteiger partial charge in [0.05, 0.1) is 17.7 Å². The molecular formula is C25H22N2O6. The molecule has 2 amide bonds. The lowest BCUT2D eigenvalue weighted by Gasteiger charge is -2.11. The molecule has 8 nitrogen and oxygen atoms in total. The minimum absolute atomic E-state index is 0.169. The van der Waals surface area contributed by atoms with Crippen molar-refractivity contribution in [1.29, 1.82) is 0 Å². The maximum Gasteiger partial charge on any atom is 0.340 e. The topological polar surface area (TPSA) is 103 Å². The number of ether oxygens (including phenoxy) is 3. The normalized spacial score (nSPS) is 11.5. The van der Waals surface area contributed by atoms with Crippen molar-refractivity contribution in [3.63, 3.8) is 0 Å². The molecule has 0 saturated carbocycles. The minimum atomic E-state index is -0.705. The Labute approximate surface area is 190 Å². The maximum atomic E-state index is 12.5. The number of hydrogen-bond acceptors (Lipinski definition) is 6. The molecule has 1 aliphatic rings. The van der Waals surface area contributed by atoms with Gasteiger partial charge in [-0.25, -0.2) is 4.79 Å². The first-order valence-corrected chi connectivity index (χ1v) is 10.3. The number of fused-ring (bicyclic) bond motifs is 1. The van der Waals surface area contributed by atoms with E-state index in [1.807, 2.05) is 36.4 Å². The molecule has 0 aliphatic carbocycles. The van der Waals surface area contributed by atoms with Crippen molar-refractivity contribution in [2.45, 2.75) is 13.0 Å². The molecule has 0 unspecified atom stereocenters. The first kappa shape index (κ1) is 21.9. The van der Waals surface area contributed by atoms with Gasteiger partial charge in [0, 0.05) is 6.54 Å². The summed E-state index contributed by atoms with van der Waals surface area (Å²) in [7, 11) is 0. The van der Waals surface area contributed by atoms with Crippen LogP contribution < -0.4 is 20.1 Å². The Balaban J connectivity index is 1.28. The number of para-hydroxylation sites is 1. The summed E-state index contributed by atoms with van der Waals surface area (Å²) in [6, 6.07) is 21.1. The van der Waals surface area contributed by atoms with Gasteiger partial charge in [-0.1, -0.05) is 48.5 Å². The molecule has 1 heterocycles. The van der Waals surface area contributed by atoms with Crippen LogP contribution in [0.5, 0.6) is 11.5 Å². The number of anilines is 1. The molecule has 0 bridgehead atoms. The second-order valence-corrected chi connectivity index (χ2v) is 7.30. The van der Waals surface area contributed by atoms with Crippen LogP contribution in [0.1, 0.15) is 21.5 Å². The zero-order valence-electron chi connectivity index (χ0n) is 17.7. The molecule has 3 aromatic rings. The van der Waals surface area contributed by atoms with Gasteiger partial charge in [-0.15, -0.1) is 0 Å². The summed E-state index contributed by atoms with van der Waals surface area (Å²) < 4.78 is 15.7. The summed E-state index contributed by atoms with van der Waals surface area (Å²) in [5, 5.41) is 5.42. The van der Waals surface area contributed by atoms with Crippen LogP contribution in [0.25, 0.3) is 0 Å². The highest BCUT2D eigenvalue weighted by Crippen LogP contribution is 2.32. The third-order valence-corrected chi connectivity index (χ3v) is 4.89. The fraction of sp³-hybridized carbons (Fsp3) is 0.160. The largest absolute Gasteiger partial charge is 0.454 e. The Morgan fingerprint density at radius 3 is 2.42 bits per heavy atom. The molecular weight excluding hydrogens is 424 g/mol. The van der Waals surface area contributed by atoms with Crippen molar-refractivity contribution >= 4 is 23.5 Å². The number of benzene rings is 3. The van der Waals surface area contributed by atoms with E-state index in [4.69, 9.17) is 14.2 Å². The van der Waals surface area contributed by atoms with Gasteiger partial charge in [-0.2, -0.15) is 0 Å². The molecule has 33 heavy (non-hydrogen) atoms. The van der Waals surface area contributed by atoms with Crippen LogP contribution in [0.15, 0.2) is 72.8 Å². The second kappa shape index (κ2) is 10.3. The third kappa shape index (κ3) is 5.88.